The first kappa shape index (κ1) is 16.9. The molecular formula is C18H14N2O4S2. The fourth-order valence-electron chi connectivity index (χ4n) is 2.61. The van der Waals surface area contributed by atoms with Gasteiger partial charge in [-0.25, -0.2) is 4.98 Å². The second-order valence-corrected chi connectivity index (χ2v) is 7.27. The molecule has 8 heteroatoms. The number of nitrogens with zero attached hydrogens (tertiary/aromatic N) is 2. The molecular weight excluding hydrogens is 372 g/mol. The number of amides is 1. The summed E-state index contributed by atoms with van der Waals surface area (Å²) in [7, 11) is 1.56. The molecule has 1 aromatic carbocycles. The van der Waals surface area contributed by atoms with Gasteiger partial charge in [-0.3, -0.25) is 9.69 Å². The van der Waals surface area contributed by atoms with Crippen molar-refractivity contribution in [3.8, 4) is 17.4 Å². The summed E-state index contributed by atoms with van der Waals surface area (Å²) in [5.74, 6) is 1.81. The first-order chi connectivity index (χ1) is 12.6. The molecule has 0 spiro atoms. The second-order valence-electron chi connectivity index (χ2n) is 5.59. The summed E-state index contributed by atoms with van der Waals surface area (Å²) in [6.45, 7) is 0.609. The molecule has 2 aliphatic heterocycles. The molecule has 1 fully saturated rings. The maximum absolute atomic E-state index is 12.7. The van der Waals surface area contributed by atoms with E-state index in [2.05, 4.69) is 4.98 Å². The van der Waals surface area contributed by atoms with Crippen molar-refractivity contribution in [2.75, 3.05) is 13.9 Å². The fraction of sp³-hybridized carbons (Fsp3) is 0.167. The SMILES string of the molecule is COc1ccc(/C=C2\SC(=S)N(Cc3ccc4c(c3)OCO4)C2=O)cn1. The molecule has 3 heterocycles. The minimum atomic E-state index is -0.117. The predicted molar refractivity (Wildman–Crippen MR) is 102 cm³/mol. The average Bonchev–Trinajstić information content (AvgIpc) is 3.22. The van der Waals surface area contributed by atoms with Crippen molar-refractivity contribution in [2.24, 2.45) is 0 Å². The zero-order chi connectivity index (χ0) is 18.1. The number of rotatable bonds is 4. The maximum Gasteiger partial charge on any atom is 0.266 e. The highest BCUT2D eigenvalue weighted by Crippen LogP contribution is 2.36. The van der Waals surface area contributed by atoms with Crippen LogP contribution in [0.1, 0.15) is 11.1 Å². The molecule has 2 aliphatic rings. The Labute approximate surface area is 159 Å². The van der Waals surface area contributed by atoms with E-state index in [1.54, 1.807) is 30.3 Å². The third-order valence-corrected chi connectivity index (χ3v) is 5.30. The van der Waals surface area contributed by atoms with Gasteiger partial charge in [0.05, 0.1) is 18.6 Å². The maximum atomic E-state index is 12.7. The van der Waals surface area contributed by atoms with Gasteiger partial charge in [0.15, 0.2) is 11.5 Å². The Bertz CT molecular complexity index is 912. The highest BCUT2D eigenvalue weighted by molar-refractivity contribution is 8.26. The summed E-state index contributed by atoms with van der Waals surface area (Å²) in [6, 6.07) is 9.21. The molecule has 0 radical (unpaired) electrons. The lowest BCUT2D eigenvalue weighted by atomic mass is 10.2. The molecule has 26 heavy (non-hydrogen) atoms. The highest BCUT2D eigenvalue weighted by atomic mass is 32.2. The fourth-order valence-corrected chi connectivity index (χ4v) is 3.86. The van der Waals surface area contributed by atoms with Gasteiger partial charge in [0.25, 0.3) is 5.91 Å². The number of thiocarbonyl (C=S) groups is 1. The molecule has 4 rings (SSSR count). The van der Waals surface area contributed by atoms with E-state index in [0.29, 0.717) is 33.1 Å². The van der Waals surface area contributed by atoms with Crippen LogP contribution in [0.4, 0.5) is 0 Å². The van der Waals surface area contributed by atoms with Crippen molar-refractivity contribution in [1.82, 2.24) is 9.88 Å². The van der Waals surface area contributed by atoms with Crippen LogP contribution in [0.15, 0.2) is 41.4 Å². The number of hydrogen-bond acceptors (Lipinski definition) is 7. The van der Waals surface area contributed by atoms with E-state index in [9.17, 15) is 4.79 Å². The van der Waals surface area contributed by atoms with E-state index in [1.165, 1.54) is 11.8 Å². The van der Waals surface area contributed by atoms with Crippen molar-refractivity contribution in [3.05, 3.63) is 52.6 Å². The molecule has 1 saturated heterocycles. The van der Waals surface area contributed by atoms with Crippen molar-refractivity contribution in [2.45, 2.75) is 6.54 Å². The molecule has 1 amide bonds. The topological polar surface area (TPSA) is 60.9 Å². The number of carbonyl (C=O) groups excluding carboxylic acids is 1. The molecule has 0 atom stereocenters. The molecule has 0 N–H and O–H groups in total. The molecule has 132 valence electrons. The summed E-state index contributed by atoms with van der Waals surface area (Å²) in [5, 5.41) is 0. The molecule has 0 unspecified atom stereocenters. The molecule has 2 aromatic rings. The van der Waals surface area contributed by atoms with Crippen LogP contribution >= 0.6 is 24.0 Å². The number of aromatic nitrogens is 1. The standard InChI is InChI=1S/C18H14N2O4S2/c1-22-16-5-3-11(8-19-16)7-15-17(21)20(18(25)26-15)9-12-2-4-13-14(6-12)24-10-23-13/h2-8H,9-10H2,1H3/b15-7-. The number of benzene rings is 1. The molecule has 1 aromatic heterocycles. The third-order valence-electron chi connectivity index (χ3n) is 3.92. The number of thioether (sulfide) groups is 1. The van der Waals surface area contributed by atoms with Crippen LogP contribution < -0.4 is 14.2 Å². The Balaban J connectivity index is 1.52. The monoisotopic (exact) mass is 386 g/mol. The molecule has 0 aliphatic carbocycles. The largest absolute Gasteiger partial charge is 0.481 e. The smallest absolute Gasteiger partial charge is 0.266 e. The number of pyridine rings is 1. The number of carbonyl (C=O) groups is 1. The summed E-state index contributed by atoms with van der Waals surface area (Å²) in [5.41, 5.74) is 1.74. The number of ether oxygens (including phenoxy) is 3. The van der Waals surface area contributed by atoms with Gasteiger partial charge < -0.3 is 14.2 Å². The Morgan fingerprint density at radius 1 is 1.31 bits per heavy atom. The third kappa shape index (κ3) is 3.25. The summed E-state index contributed by atoms with van der Waals surface area (Å²) in [4.78, 5) is 19.0. The minimum Gasteiger partial charge on any atom is -0.481 e. The van der Waals surface area contributed by atoms with E-state index in [1.807, 2.05) is 24.3 Å². The van der Waals surface area contributed by atoms with E-state index < -0.39 is 0 Å². The van der Waals surface area contributed by atoms with Crippen molar-refractivity contribution in [3.63, 3.8) is 0 Å². The van der Waals surface area contributed by atoms with Gasteiger partial charge in [-0.15, -0.1) is 0 Å². The Hall–Kier alpha value is -2.58. The zero-order valence-electron chi connectivity index (χ0n) is 13.8. The highest BCUT2D eigenvalue weighted by Gasteiger charge is 2.32. The van der Waals surface area contributed by atoms with Gasteiger partial charge in [0.1, 0.15) is 4.32 Å². The van der Waals surface area contributed by atoms with Crippen molar-refractivity contribution in [1.29, 1.82) is 0 Å². The quantitative estimate of drug-likeness (QED) is 0.591. The minimum absolute atomic E-state index is 0.117. The van der Waals surface area contributed by atoms with Crippen LogP contribution in [0.2, 0.25) is 0 Å². The number of methoxy groups -OCH3 is 1. The molecule has 6 nitrogen and oxygen atoms in total. The van der Waals surface area contributed by atoms with Crippen LogP contribution in [-0.4, -0.2) is 34.0 Å². The van der Waals surface area contributed by atoms with Gasteiger partial charge in [-0.2, -0.15) is 0 Å². The molecule has 0 bridgehead atoms. The van der Waals surface area contributed by atoms with Gasteiger partial charge in [0, 0.05) is 12.3 Å². The zero-order valence-corrected chi connectivity index (χ0v) is 15.4. The first-order valence-electron chi connectivity index (χ1n) is 7.78. The van der Waals surface area contributed by atoms with E-state index >= 15 is 0 Å². The van der Waals surface area contributed by atoms with E-state index in [-0.39, 0.29) is 12.7 Å². The lowest BCUT2D eigenvalue weighted by Gasteiger charge is -2.14. The summed E-state index contributed by atoms with van der Waals surface area (Å²) in [6.07, 6.45) is 3.44. The van der Waals surface area contributed by atoms with Crippen LogP contribution in [0.25, 0.3) is 6.08 Å². The van der Waals surface area contributed by atoms with Crippen LogP contribution in [0.3, 0.4) is 0 Å². The van der Waals surface area contributed by atoms with Gasteiger partial charge in [-0.05, 0) is 35.4 Å². The summed E-state index contributed by atoms with van der Waals surface area (Å²) >= 11 is 6.67. The van der Waals surface area contributed by atoms with Gasteiger partial charge in [0.2, 0.25) is 12.7 Å². The van der Waals surface area contributed by atoms with Crippen LogP contribution in [-0.2, 0) is 11.3 Å². The Morgan fingerprint density at radius 3 is 2.92 bits per heavy atom. The van der Waals surface area contributed by atoms with E-state index in [0.717, 1.165) is 11.1 Å². The number of hydrogen-bond donors (Lipinski definition) is 0. The lowest BCUT2D eigenvalue weighted by Crippen LogP contribution is -2.27. The Kier molecular flexibility index (Phi) is 4.52. The number of fused-ring (bicyclic) bond motifs is 1. The normalized spacial score (nSPS) is 17.3. The van der Waals surface area contributed by atoms with Crippen molar-refractivity contribution >= 4 is 40.3 Å². The van der Waals surface area contributed by atoms with Crippen LogP contribution in [0, 0.1) is 0 Å². The predicted octanol–water partition coefficient (Wildman–Crippen LogP) is 3.22. The first-order valence-corrected chi connectivity index (χ1v) is 9.00. The lowest BCUT2D eigenvalue weighted by molar-refractivity contribution is -0.122. The molecule has 0 saturated carbocycles. The average molecular weight is 386 g/mol. The van der Waals surface area contributed by atoms with Gasteiger partial charge in [-0.1, -0.05) is 30.0 Å². The van der Waals surface area contributed by atoms with Crippen molar-refractivity contribution < 1.29 is 19.0 Å². The second kappa shape index (κ2) is 6.97. The van der Waals surface area contributed by atoms with Gasteiger partial charge >= 0.3 is 0 Å². The van der Waals surface area contributed by atoms with Crippen LogP contribution in [0.5, 0.6) is 17.4 Å². The Morgan fingerprint density at radius 2 is 2.15 bits per heavy atom. The van der Waals surface area contributed by atoms with E-state index in [4.69, 9.17) is 26.4 Å². The summed E-state index contributed by atoms with van der Waals surface area (Å²) < 4.78 is 16.3.